The summed E-state index contributed by atoms with van der Waals surface area (Å²) in [5.41, 5.74) is 4.31. The average Bonchev–Trinajstić information content (AvgIpc) is 2.55. The highest BCUT2D eigenvalue weighted by Crippen LogP contribution is 2.31. The summed E-state index contributed by atoms with van der Waals surface area (Å²) in [6, 6.07) is 6.96. The van der Waals surface area contributed by atoms with Crippen molar-refractivity contribution in [3.63, 3.8) is 0 Å². The summed E-state index contributed by atoms with van der Waals surface area (Å²) in [6.07, 6.45) is 1.43. The molecule has 0 aliphatic rings. The van der Waals surface area contributed by atoms with Crippen molar-refractivity contribution in [3.8, 4) is 17.4 Å². The molecule has 1 unspecified atom stereocenters. The minimum Gasteiger partial charge on any atom is -0.493 e. The maximum Gasteiger partial charge on any atom is 0.216 e. The van der Waals surface area contributed by atoms with Crippen LogP contribution in [0, 0.1) is 0 Å². The molecule has 7 heteroatoms. The van der Waals surface area contributed by atoms with E-state index in [1.165, 1.54) is 6.33 Å². The molecule has 0 radical (unpaired) electrons. The highest BCUT2D eigenvalue weighted by Gasteiger charge is 2.17. The Bertz CT molecular complexity index is 607. The molecule has 1 aromatic heterocycles. The molecule has 1 heterocycles. The third-order valence-corrected chi connectivity index (χ3v) is 3.08. The van der Waals surface area contributed by atoms with Crippen LogP contribution in [0.2, 0.25) is 0 Å². The molecule has 2 rings (SSSR count). The molecule has 0 aliphatic heterocycles. The molecule has 3 N–H and O–H groups in total. The zero-order valence-corrected chi connectivity index (χ0v) is 12.2. The van der Waals surface area contributed by atoms with Gasteiger partial charge in [-0.3, -0.25) is 5.84 Å². The van der Waals surface area contributed by atoms with Gasteiger partial charge in [0.15, 0.2) is 11.5 Å². The van der Waals surface area contributed by atoms with E-state index in [9.17, 15) is 0 Å². The van der Waals surface area contributed by atoms with Gasteiger partial charge in [-0.1, -0.05) is 6.07 Å². The number of nitrogens with zero attached hydrogens (tertiary/aromatic N) is 2. The Morgan fingerprint density at radius 2 is 1.76 bits per heavy atom. The highest BCUT2D eigenvalue weighted by molar-refractivity contribution is 5.45. The lowest BCUT2D eigenvalue weighted by Gasteiger charge is -2.18. The van der Waals surface area contributed by atoms with E-state index in [-0.39, 0.29) is 6.04 Å². The van der Waals surface area contributed by atoms with E-state index in [0.717, 1.165) is 5.56 Å². The number of nitrogens with two attached hydrogens (primary N) is 1. The van der Waals surface area contributed by atoms with Crippen molar-refractivity contribution in [2.45, 2.75) is 6.04 Å². The van der Waals surface area contributed by atoms with Crippen LogP contribution in [0.3, 0.4) is 0 Å². The molecule has 1 aromatic carbocycles. The first kappa shape index (κ1) is 15.0. The van der Waals surface area contributed by atoms with Gasteiger partial charge in [0.25, 0.3) is 0 Å². The number of nitrogens with one attached hydrogen (secondary N) is 1. The fraction of sp³-hybridized carbons (Fsp3) is 0.286. The Balaban J connectivity index is 2.40. The van der Waals surface area contributed by atoms with E-state index in [1.807, 2.05) is 18.2 Å². The van der Waals surface area contributed by atoms with Gasteiger partial charge >= 0.3 is 0 Å². The number of hydrogen-bond donors (Lipinski definition) is 2. The summed E-state index contributed by atoms with van der Waals surface area (Å²) in [7, 11) is 4.72. The molecular weight excluding hydrogens is 272 g/mol. The summed E-state index contributed by atoms with van der Waals surface area (Å²) in [5, 5.41) is 0. The predicted octanol–water partition coefficient (Wildman–Crippen LogP) is 1.06. The lowest BCUT2D eigenvalue weighted by Crippen LogP contribution is -2.29. The Hall–Kier alpha value is -2.38. The molecule has 0 amide bonds. The second-order valence-electron chi connectivity index (χ2n) is 4.20. The number of aromatic nitrogens is 2. The maximum absolute atomic E-state index is 5.67. The molecule has 0 aliphatic carbocycles. The van der Waals surface area contributed by atoms with Gasteiger partial charge in [0, 0.05) is 6.07 Å². The monoisotopic (exact) mass is 290 g/mol. The summed E-state index contributed by atoms with van der Waals surface area (Å²) in [6.45, 7) is 0. The van der Waals surface area contributed by atoms with E-state index in [2.05, 4.69) is 15.4 Å². The van der Waals surface area contributed by atoms with Crippen molar-refractivity contribution < 1.29 is 14.2 Å². The van der Waals surface area contributed by atoms with Gasteiger partial charge in [0.05, 0.1) is 33.1 Å². The van der Waals surface area contributed by atoms with Crippen LogP contribution in [-0.4, -0.2) is 31.3 Å². The van der Waals surface area contributed by atoms with Gasteiger partial charge in [-0.25, -0.2) is 15.4 Å². The third kappa shape index (κ3) is 3.21. The molecule has 0 spiro atoms. The van der Waals surface area contributed by atoms with Crippen molar-refractivity contribution in [3.05, 3.63) is 41.9 Å². The first-order chi connectivity index (χ1) is 10.2. The van der Waals surface area contributed by atoms with Crippen LogP contribution >= 0.6 is 0 Å². The normalized spacial score (nSPS) is 11.8. The number of benzene rings is 1. The van der Waals surface area contributed by atoms with Gasteiger partial charge in [0.1, 0.15) is 6.33 Å². The Kier molecular flexibility index (Phi) is 4.91. The average molecular weight is 290 g/mol. The molecule has 0 fully saturated rings. The molecular formula is C14H18N4O3. The minimum atomic E-state index is -0.318. The van der Waals surface area contributed by atoms with Crippen molar-refractivity contribution in [1.29, 1.82) is 0 Å². The highest BCUT2D eigenvalue weighted by atomic mass is 16.5. The molecule has 7 nitrogen and oxygen atoms in total. The summed E-state index contributed by atoms with van der Waals surface area (Å²) < 4.78 is 15.6. The van der Waals surface area contributed by atoms with E-state index in [4.69, 9.17) is 20.1 Å². The zero-order valence-electron chi connectivity index (χ0n) is 12.2. The van der Waals surface area contributed by atoms with Gasteiger partial charge in [-0.2, -0.15) is 0 Å². The van der Waals surface area contributed by atoms with Crippen LogP contribution in [0.15, 0.2) is 30.6 Å². The summed E-state index contributed by atoms with van der Waals surface area (Å²) >= 11 is 0. The smallest absolute Gasteiger partial charge is 0.216 e. The second kappa shape index (κ2) is 6.87. The van der Waals surface area contributed by atoms with Crippen molar-refractivity contribution in [2.75, 3.05) is 21.3 Å². The lowest BCUT2D eigenvalue weighted by molar-refractivity contribution is 0.354. The second-order valence-corrected chi connectivity index (χ2v) is 4.20. The number of hydrogen-bond acceptors (Lipinski definition) is 7. The van der Waals surface area contributed by atoms with Crippen LogP contribution in [0.4, 0.5) is 0 Å². The van der Waals surface area contributed by atoms with Gasteiger partial charge in [-0.05, 0) is 17.7 Å². The van der Waals surface area contributed by atoms with Gasteiger partial charge in [-0.15, -0.1) is 0 Å². The van der Waals surface area contributed by atoms with Crippen LogP contribution in [-0.2, 0) is 0 Å². The minimum absolute atomic E-state index is 0.318. The largest absolute Gasteiger partial charge is 0.493 e. The zero-order chi connectivity index (χ0) is 15.2. The third-order valence-electron chi connectivity index (χ3n) is 3.08. The van der Waals surface area contributed by atoms with Crippen LogP contribution in [0.25, 0.3) is 0 Å². The fourth-order valence-corrected chi connectivity index (χ4v) is 2.01. The Morgan fingerprint density at radius 1 is 1.00 bits per heavy atom. The quantitative estimate of drug-likeness (QED) is 0.607. The van der Waals surface area contributed by atoms with Gasteiger partial charge in [0.2, 0.25) is 5.88 Å². The molecule has 0 bridgehead atoms. The Morgan fingerprint density at radius 3 is 2.38 bits per heavy atom. The van der Waals surface area contributed by atoms with Crippen LogP contribution in [0.5, 0.6) is 17.4 Å². The van der Waals surface area contributed by atoms with E-state index in [0.29, 0.717) is 23.1 Å². The Labute approximate surface area is 123 Å². The van der Waals surface area contributed by atoms with Gasteiger partial charge < -0.3 is 14.2 Å². The van der Waals surface area contributed by atoms with E-state index >= 15 is 0 Å². The molecule has 112 valence electrons. The number of methoxy groups -OCH3 is 3. The van der Waals surface area contributed by atoms with Crippen molar-refractivity contribution in [2.24, 2.45) is 5.84 Å². The molecule has 21 heavy (non-hydrogen) atoms. The maximum atomic E-state index is 5.67. The van der Waals surface area contributed by atoms with Crippen LogP contribution < -0.4 is 25.5 Å². The topological polar surface area (TPSA) is 91.5 Å². The molecule has 0 saturated heterocycles. The molecule has 0 saturated carbocycles. The molecule has 2 aromatic rings. The van der Waals surface area contributed by atoms with Crippen molar-refractivity contribution in [1.82, 2.24) is 15.4 Å². The van der Waals surface area contributed by atoms with E-state index in [1.54, 1.807) is 27.4 Å². The summed E-state index contributed by atoms with van der Waals surface area (Å²) in [4.78, 5) is 8.21. The van der Waals surface area contributed by atoms with Crippen LogP contribution in [0.1, 0.15) is 17.3 Å². The number of ether oxygens (including phenoxy) is 3. The first-order valence-corrected chi connectivity index (χ1v) is 6.27. The van der Waals surface area contributed by atoms with E-state index < -0.39 is 0 Å². The predicted molar refractivity (Wildman–Crippen MR) is 77.3 cm³/mol. The number of hydrazine groups is 1. The summed E-state index contributed by atoms with van der Waals surface area (Å²) in [5.74, 6) is 7.41. The lowest BCUT2D eigenvalue weighted by atomic mass is 10.0. The first-order valence-electron chi connectivity index (χ1n) is 6.27. The molecule has 1 atom stereocenters. The number of rotatable bonds is 6. The standard InChI is InChI=1S/C14H18N4O3/c1-19-11-5-4-9(6-12(11)20-2)14(18-15)10-7-13(21-3)17-8-16-10/h4-8,14,18H,15H2,1-3H3. The van der Waals surface area contributed by atoms with Crippen molar-refractivity contribution >= 4 is 0 Å². The SMILES string of the molecule is COc1cc(C(NN)c2ccc(OC)c(OC)c2)ncn1. The fourth-order valence-electron chi connectivity index (χ4n) is 2.01.